The van der Waals surface area contributed by atoms with Crippen LogP contribution in [-0.4, -0.2) is 11.7 Å². The predicted molar refractivity (Wildman–Crippen MR) is 79.8 cm³/mol. The van der Waals surface area contributed by atoms with Crippen molar-refractivity contribution in [3.8, 4) is 17.2 Å². The van der Waals surface area contributed by atoms with Gasteiger partial charge in [0.1, 0.15) is 5.75 Å². The first-order valence-corrected chi connectivity index (χ1v) is 6.86. The minimum atomic E-state index is -0.558. The maximum absolute atomic E-state index is 9.52. The van der Waals surface area contributed by atoms with E-state index in [2.05, 4.69) is 0 Å². The molecule has 0 aliphatic carbocycles. The fourth-order valence-corrected chi connectivity index (χ4v) is 2.01. The molecular weight excluding hydrogens is 276 g/mol. The van der Waals surface area contributed by atoms with Gasteiger partial charge in [-0.15, -0.1) is 0 Å². The van der Waals surface area contributed by atoms with Gasteiger partial charge in [-0.1, -0.05) is 29.8 Å². The Labute approximate surface area is 123 Å². The maximum atomic E-state index is 9.52. The summed E-state index contributed by atoms with van der Waals surface area (Å²) in [5.41, 5.74) is 0.750. The zero-order valence-corrected chi connectivity index (χ0v) is 12.2. The zero-order valence-electron chi connectivity index (χ0n) is 11.5. The Hall–Kier alpha value is -1.71. The summed E-state index contributed by atoms with van der Waals surface area (Å²) < 4.78 is 11.3. The largest absolute Gasteiger partial charge is 0.490 e. The van der Waals surface area contributed by atoms with Crippen molar-refractivity contribution >= 4 is 11.6 Å². The third-order valence-electron chi connectivity index (χ3n) is 2.81. The molecule has 0 amide bonds. The van der Waals surface area contributed by atoms with Gasteiger partial charge in [0.2, 0.25) is 0 Å². The molecule has 0 radical (unpaired) electrons. The normalized spacial score (nSPS) is 12.0. The van der Waals surface area contributed by atoms with Gasteiger partial charge in [0.15, 0.2) is 11.5 Å². The second-order valence-electron chi connectivity index (χ2n) is 4.35. The third-order valence-corrected chi connectivity index (χ3v) is 3.10. The Morgan fingerprint density at radius 2 is 1.80 bits per heavy atom. The molecule has 2 aromatic rings. The monoisotopic (exact) mass is 292 g/mol. The van der Waals surface area contributed by atoms with Crippen LogP contribution in [0.25, 0.3) is 0 Å². The molecular formula is C16H17ClO3. The van der Waals surface area contributed by atoms with E-state index in [9.17, 15) is 5.11 Å². The molecule has 0 saturated heterocycles. The second-order valence-corrected chi connectivity index (χ2v) is 4.75. The van der Waals surface area contributed by atoms with Crippen molar-refractivity contribution in [1.82, 2.24) is 0 Å². The molecule has 0 spiro atoms. The Kier molecular flexibility index (Phi) is 4.88. The van der Waals surface area contributed by atoms with Crippen LogP contribution in [-0.2, 0) is 0 Å². The van der Waals surface area contributed by atoms with Crippen molar-refractivity contribution in [3.63, 3.8) is 0 Å². The van der Waals surface area contributed by atoms with Gasteiger partial charge in [0.25, 0.3) is 0 Å². The average Bonchev–Trinajstić information content (AvgIpc) is 2.43. The summed E-state index contributed by atoms with van der Waals surface area (Å²) in [5.74, 6) is 1.81. The van der Waals surface area contributed by atoms with E-state index < -0.39 is 6.10 Å². The van der Waals surface area contributed by atoms with Crippen LogP contribution in [0.1, 0.15) is 25.5 Å². The highest BCUT2D eigenvalue weighted by molar-refractivity contribution is 6.32. The van der Waals surface area contributed by atoms with E-state index in [0.29, 0.717) is 28.9 Å². The molecule has 0 bridgehead atoms. The minimum Gasteiger partial charge on any atom is -0.490 e. The number of rotatable bonds is 5. The number of hydrogen-bond donors (Lipinski definition) is 1. The number of halogens is 1. The fraction of sp³-hybridized carbons (Fsp3) is 0.250. The number of hydrogen-bond acceptors (Lipinski definition) is 3. The molecule has 0 saturated carbocycles. The molecule has 3 nitrogen and oxygen atoms in total. The van der Waals surface area contributed by atoms with E-state index in [4.69, 9.17) is 21.1 Å². The van der Waals surface area contributed by atoms with Gasteiger partial charge in [-0.25, -0.2) is 0 Å². The Balaban J connectivity index is 2.26. The first kappa shape index (κ1) is 14.7. The lowest BCUT2D eigenvalue weighted by Gasteiger charge is -2.13. The summed E-state index contributed by atoms with van der Waals surface area (Å²) in [6, 6.07) is 12.7. The Morgan fingerprint density at radius 3 is 2.40 bits per heavy atom. The average molecular weight is 293 g/mol. The Bertz CT molecular complexity index is 582. The van der Waals surface area contributed by atoms with Crippen LogP contribution in [0.4, 0.5) is 0 Å². The summed E-state index contributed by atoms with van der Waals surface area (Å²) >= 11 is 6.18. The van der Waals surface area contributed by atoms with E-state index in [1.807, 2.05) is 31.2 Å². The molecule has 0 fully saturated rings. The highest BCUT2D eigenvalue weighted by atomic mass is 35.5. The number of benzene rings is 2. The van der Waals surface area contributed by atoms with Gasteiger partial charge in [0, 0.05) is 0 Å². The van der Waals surface area contributed by atoms with Gasteiger partial charge >= 0.3 is 0 Å². The van der Waals surface area contributed by atoms with Crippen molar-refractivity contribution in [3.05, 3.63) is 53.1 Å². The molecule has 0 aromatic heterocycles. The van der Waals surface area contributed by atoms with Crippen molar-refractivity contribution < 1.29 is 14.6 Å². The smallest absolute Gasteiger partial charge is 0.169 e. The molecule has 0 aliphatic heterocycles. The predicted octanol–water partition coefficient (Wildman–Crippen LogP) is 4.58. The summed E-state index contributed by atoms with van der Waals surface area (Å²) in [4.78, 5) is 0. The first-order chi connectivity index (χ1) is 9.61. The van der Waals surface area contributed by atoms with E-state index in [-0.39, 0.29) is 0 Å². The molecule has 1 atom stereocenters. The highest BCUT2D eigenvalue weighted by Gasteiger charge is 2.10. The van der Waals surface area contributed by atoms with Crippen molar-refractivity contribution in [2.45, 2.75) is 20.0 Å². The molecule has 2 aromatic carbocycles. The molecule has 0 aliphatic rings. The van der Waals surface area contributed by atoms with Crippen LogP contribution in [0.3, 0.4) is 0 Å². The molecule has 4 heteroatoms. The summed E-state index contributed by atoms with van der Waals surface area (Å²) in [6.07, 6.45) is -0.558. The van der Waals surface area contributed by atoms with Crippen LogP contribution in [0.2, 0.25) is 5.02 Å². The second kappa shape index (κ2) is 6.64. The summed E-state index contributed by atoms with van der Waals surface area (Å²) in [7, 11) is 0. The van der Waals surface area contributed by atoms with Gasteiger partial charge in [-0.3, -0.25) is 0 Å². The maximum Gasteiger partial charge on any atom is 0.169 e. The minimum absolute atomic E-state index is 0.453. The van der Waals surface area contributed by atoms with Crippen LogP contribution < -0.4 is 9.47 Å². The van der Waals surface area contributed by atoms with Gasteiger partial charge in [-0.2, -0.15) is 0 Å². The van der Waals surface area contributed by atoms with Crippen molar-refractivity contribution in [2.24, 2.45) is 0 Å². The standard InChI is InChI=1S/C16H17ClO3/c1-3-19-15-6-4-5-7-16(15)20-14-9-8-12(11(2)18)10-13(14)17/h4-11,18H,3H2,1-2H3/t11-/m1/s1. The summed E-state index contributed by atoms with van der Waals surface area (Å²) in [5, 5.41) is 9.98. The van der Waals surface area contributed by atoms with Crippen LogP contribution >= 0.6 is 11.6 Å². The lowest BCUT2D eigenvalue weighted by molar-refractivity contribution is 0.199. The number of aliphatic hydroxyl groups is 1. The number of aliphatic hydroxyl groups excluding tert-OH is 1. The number of ether oxygens (including phenoxy) is 2. The SMILES string of the molecule is CCOc1ccccc1Oc1ccc([C@@H](C)O)cc1Cl. The van der Waals surface area contributed by atoms with Crippen LogP contribution in [0.15, 0.2) is 42.5 Å². The highest BCUT2D eigenvalue weighted by Crippen LogP contribution is 2.36. The molecule has 0 unspecified atom stereocenters. The van der Waals surface area contributed by atoms with Crippen molar-refractivity contribution in [2.75, 3.05) is 6.61 Å². The summed E-state index contributed by atoms with van der Waals surface area (Å²) in [6.45, 7) is 4.17. The van der Waals surface area contributed by atoms with Crippen molar-refractivity contribution in [1.29, 1.82) is 0 Å². The molecule has 2 rings (SSSR count). The first-order valence-electron chi connectivity index (χ1n) is 6.49. The van der Waals surface area contributed by atoms with Crippen LogP contribution in [0, 0.1) is 0 Å². The quantitative estimate of drug-likeness (QED) is 0.876. The number of para-hydroxylation sites is 2. The van der Waals surface area contributed by atoms with E-state index >= 15 is 0 Å². The lowest BCUT2D eigenvalue weighted by atomic mass is 10.1. The lowest BCUT2D eigenvalue weighted by Crippen LogP contribution is -1.96. The van der Waals surface area contributed by atoms with Gasteiger partial charge in [0.05, 0.1) is 17.7 Å². The molecule has 106 valence electrons. The zero-order chi connectivity index (χ0) is 14.5. The van der Waals surface area contributed by atoms with E-state index in [0.717, 1.165) is 5.56 Å². The molecule has 1 N–H and O–H groups in total. The van der Waals surface area contributed by atoms with E-state index in [1.165, 1.54) is 0 Å². The molecule has 0 heterocycles. The van der Waals surface area contributed by atoms with Gasteiger partial charge in [-0.05, 0) is 43.7 Å². The van der Waals surface area contributed by atoms with Crippen LogP contribution in [0.5, 0.6) is 17.2 Å². The fourth-order valence-electron chi connectivity index (χ4n) is 1.79. The topological polar surface area (TPSA) is 38.7 Å². The van der Waals surface area contributed by atoms with Gasteiger partial charge < -0.3 is 14.6 Å². The molecule has 20 heavy (non-hydrogen) atoms. The third kappa shape index (κ3) is 3.44. The van der Waals surface area contributed by atoms with E-state index in [1.54, 1.807) is 25.1 Å². The Morgan fingerprint density at radius 1 is 1.10 bits per heavy atom.